The topological polar surface area (TPSA) is 44.1 Å². The van der Waals surface area contributed by atoms with Gasteiger partial charge in [0.15, 0.2) is 5.75 Å². The lowest BCUT2D eigenvalue weighted by Gasteiger charge is -2.11. The van der Waals surface area contributed by atoms with E-state index in [1.54, 1.807) is 13.0 Å². The fraction of sp³-hybridized carbons (Fsp3) is 0.125. The smallest absolute Gasteiger partial charge is 0.294 e. The minimum Gasteiger partial charge on any atom is -0.370 e. The lowest BCUT2D eigenvalue weighted by Crippen LogP contribution is -2.27. The third-order valence-electron chi connectivity index (χ3n) is 3.11. The zero-order valence-electron chi connectivity index (χ0n) is 11.3. The van der Waals surface area contributed by atoms with Crippen LogP contribution in [0.3, 0.4) is 0 Å². The van der Waals surface area contributed by atoms with Gasteiger partial charge in [0, 0.05) is 0 Å². The normalized spacial score (nSPS) is 10.7. The van der Waals surface area contributed by atoms with E-state index >= 15 is 0 Å². The first-order valence-electron chi connectivity index (χ1n) is 6.38. The quantitative estimate of drug-likeness (QED) is 0.716. The molecule has 0 unspecified atom stereocenters. The summed E-state index contributed by atoms with van der Waals surface area (Å²) in [5, 5.41) is 0.546. The summed E-state index contributed by atoms with van der Waals surface area (Å²) in [4.78, 5) is 22.5. The third kappa shape index (κ3) is 2.16. The summed E-state index contributed by atoms with van der Waals surface area (Å²) in [6.07, 6.45) is 0. The number of aromatic nitrogens is 2. The molecule has 0 saturated heterocycles. The van der Waals surface area contributed by atoms with Crippen molar-refractivity contribution in [3.05, 3.63) is 70.3 Å². The van der Waals surface area contributed by atoms with Crippen LogP contribution in [-0.4, -0.2) is 9.71 Å². The Bertz CT molecular complexity index is 820. The molecule has 0 atom stereocenters. The van der Waals surface area contributed by atoms with Crippen LogP contribution in [0.2, 0.25) is 0 Å². The molecule has 1 aromatic heterocycles. The molecule has 0 bridgehead atoms. The van der Waals surface area contributed by atoms with Gasteiger partial charge < -0.3 is 4.84 Å². The van der Waals surface area contributed by atoms with Gasteiger partial charge >= 0.3 is 0 Å². The number of para-hydroxylation sites is 1. The first-order chi connectivity index (χ1) is 9.65. The molecule has 2 aromatic carbocycles. The van der Waals surface area contributed by atoms with Crippen molar-refractivity contribution in [2.45, 2.75) is 13.8 Å². The summed E-state index contributed by atoms with van der Waals surface area (Å²) in [7, 11) is 0. The largest absolute Gasteiger partial charge is 0.370 e. The first kappa shape index (κ1) is 12.4. The molecule has 0 spiro atoms. The molecule has 0 saturated carbocycles. The molecule has 0 amide bonds. The van der Waals surface area contributed by atoms with Gasteiger partial charge in [-0.15, -0.1) is 4.73 Å². The van der Waals surface area contributed by atoms with Gasteiger partial charge in [-0.3, -0.25) is 4.79 Å². The van der Waals surface area contributed by atoms with Crippen molar-refractivity contribution in [2.24, 2.45) is 0 Å². The van der Waals surface area contributed by atoms with E-state index in [2.05, 4.69) is 4.98 Å². The van der Waals surface area contributed by atoms with Crippen LogP contribution in [-0.2, 0) is 0 Å². The SMILES string of the molecule is Cc1ccc(On2c(C)nc3ccccc3c2=O)cc1. The average Bonchev–Trinajstić information content (AvgIpc) is 2.45. The number of hydrogen-bond donors (Lipinski definition) is 0. The van der Waals surface area contributed by atoms with E-state index in [0.717, 1.165) is 5.56 Å². The molecular formula is C16H14N2O2. The third-order valence-corrected chi connectivity index (χ3v) is 3.11. The minimum atomic E-state index is -0.200. The van der Waals surface area contributed by atoms with Crippen LogP contribution < -0.4 is 10.4 Å². The van der Waals surface area contributed by atoms with Crippen molar-refractivity contribution in [1.29, 1.82) is 0 Å². The van der Waals surface area contributed by atoms with Crippen LogP contribution >= 0.6 is 0 Å². The van der Waals surface area contributed by atoms with Crippen LogP contribution in [0.15, 0.2) is 53.3 Å². The fourth-order valence-corrected chi connectivity index (χ4v) is 2.04. The van der Waals surface area contributed by atoms with Gasteiger partial charge in [0.1, 0.15) is 5.82 Å². The van der Waals surface area contributed by atoms with Gasteiger partial charge in [0.2, 0.25) is 0 Å². The zero-order chi connectivity index (χ0) is 14.1. The van der Waals surface area contributed by atoms with Gasteiger partial charge in [0.05, 0.1) is 10.9 Å². The van der Waals surface area contributed by atoms with Crippen LogP contribution in [0.5, 0.6) is 5.75 Å². The van der Waals surface area contributed by atoms with Crippen molar-refractivity contribution in [1.82, 2.24) is 9.71 Å². The maximum absolute atomic E-state index is 12.4. The molecule has 100 valence electrons. The van der Waals surface area contributed by atoms with Crippen LogP contribution in [0.4, 0.5) is 0 Å². The fourth-order valence-electron chi connectivity index (χ4n) is 2.04. The van der Waals surface area contributed by atoms with Gasteiger partial charge in [-0.25, -0.2) is 4.98 Å². The van der Waals surface area contributed by atoms with Crippen molar-refractivity contribution in [3.8, 4) is 5.75 Å². The van der Waals surface area contributed by atoms with Crippen molar-refractivity contribution < 1.29 is 4.84 Å². The van der Waals surface area contributed by atoms with E-state index in [-0.39, 0.29) is 5.56 Å². The average molecular weight is 266 g/mol. The Kier molecular flexibility index (Phi) is 2.99. The molecule has 0 aliphatic heterocycles. The van der Waals surface area contributed by atoms with Crippen molar-refractivity contribution >= 4 is 10.9 Å². The Morgan fingerprint density at radius 3 is 2.45 bits per heavy atom. The van der Waals surface area contributed by atoms with E-state index in [4.69, 9.17) is 4.84 Å². The van der Waals surface area contributed by atoms with E-state index in [9.17, 15) is 4.79 Å². The highest BCUT2D eigenvalue weighted by Gasteiger charge is 2.09. The Hall–Kier alpha value is -2.62. The number of fused-ring (bicyclic) bond motifs is 1. The lowest BCUT2D eigenvalue weighted by molar-refractivity contribution is 0.195. The van der Waals surface area contributed by atoms with Crippen molar-refractivity contribution in [2.75, 3.05) is 0 Å². The predicted octanol–water partition coefficient (Wildman–Crippen LogP) is 2.86. The van der Waals surface area contributed by atoms with E-state index in [0.29, 0.717) is 22.5 Å². The van der Waals surface area contributed by atoms with Gasteiger partial charge in [-0.2, -0.15) is 0 Å². The summed E-state index contributed by atoms with van der Waals surface area (Å²) in [5.74, 6) is 1.13. The maximum Gasteiger partial charge on any atom is 0.294 e. The molecule has 3 rings (SSSR count). The zero-order valence-corrected chi connectivity index (χ0v) is 11.3. The monoisotopic (exact) mass is 266 g/mol. The Labute approximate surface area is 116 Å². The highest BCUT2D eigenvalue weighted by Crippen LogP contribution is 2.13. The van der Waals surface area contributed by atoms with Crippen LogP contribution in [0.25, 0.3) is 10.9 Å². The Balaban J connectivity index is 2.11. The molecule has 0 fully saturated rings. The molecule has 3 aromatic rings. The second-order valence-electron chi connectivity index (χ2n) is 4.68. The molecule has 1 heterocycles. The predicted molar refractivity (Wildman–Crippen MR) is 77.9 cm³/mol. The molecule has 20 heavy (non-hydrogen) atoms. The molecule has 4 nitrogen and oxygen atoms in total. The molecule has 0 radical (unpaired) electrons. The minimum absolute atomic E-state index is 0.200. The lowest BCUT2D eigenvalue weighted by atomic mass is 10.2. The van der Waals surface area contributed by atoms with Gasteiger partial charge in [0.25, 0.3) is 5.56 Å². The number of rotatable bonds is 2. The maximum atomic E-state index is 12.4. The van der Waals surface area contributed by atoms with E-state index in [1.807, 2.05) is 49.4 Å². The summed E-state index contributed by atoms with van der Waals surface area (Å²) in [5.41, 5.74) is 1.62. The van der Waals surface area contributed by atoms with Crippen LogP contribution in [0.1, 0.15) is 11.4 Å². The molecule has 4 heteroatoms. The summed E-state index contributed by atoms with van der Waals surface area (Å²) < 4.78 is 1.23. The molecule has 0 N–H and O–H groups in total. The first-order valence-corrected chi connectivity index (χ1v) is 6.38. The highest BCUT2D eigenvalue weighted by molar-refractivity contribution is 5.77. The summed E-state index contributed by atoms with van der Waals surface area (Å²) >= 11 is 0. The van der Waals surface area contributed by atoms with E-state index in [1.165, 1.54) is 4.73 Å². The number of nitrogens with zero attached hydrogens (tertiary/aromatic N) is 2. The second kappa shape index (κ2) is 4.81. The number of benzene rings is 2. The molecule has 0 aliphatic carbocycles. The second-order valence-corrected chi connectivity index (χ2v) is 4.68. The van der Waals surface area contributed by atoms with Crippen molar-refractivity contribution in [3.63, 3.8) is 0 Å². The highest BCUT2D eigenvalue weighted by atomic mass is 16.7. The summed E-state index contributed by atoms with van der Waals surface area (Å²) in [6, 6.07) is 14.8. The number of aryl methyl sites for hydroxylation is 2. The molecular weight excluding hydrogens is 252 g/mol. The summed E-state index contributed by atoms with van der Waals surface area (Å²) in [6.45, 7) is 3.75. The number of hydrogen-bond acceptors (Lipinski definition) is 3. The van der Waals surface area contributed by atoms with E-state index < -0.39 is 0 Å². The Morgan fingerprint density at radius 2 is 1.70 bits per heavy atom. The Morgan fingerprint density at radius 1 is 1.00 bits per heavy atom. The van der Waals surface area contributed by atoms with Gasteiger partial charge in [-0.1, -0.05) is 29.8 Å². The molecule has 0 aliphatic rings. The van der Waals surface area contributed by atoms with Gasteiger partial charge in [-0.05, 0) is 38.1 Å². The van der Waals surface area contributed by atoms with Crippen LogP contribution in [0, 0.1) is 13.8 Å². The standard InChI is InChI=1S/C16H14N2O2/c1-11-7-9-13(10-8-11)20-18-12(2)17-15-6-4-3-5-14(15)16(18)19/h3-10H,1-2H3.